The summed E-state index contributed by atoms with van der Waals surface area (Å²) in [6.07, 6.45) is 0. The Bertz CT molecular complexity index is 564. The quantitative estimate of drug-likeness (QED) is 0.508. The number of rotatable bonds is 5. The zero-order chi connectivity index (χ0) is 13.9. The molecule has 0 saturated heterocycles. The minimum absolute atomic E-state index is 0.00419. The maximum absolute atomic E-state index is 13.4. The van der Waals surface area contributed by atoms with Gasteiger partial charge in [0.25, 0.3) is 5.69 Å². The van der Waals surface area contributed by atoms with Gasteiger partial charge in [0.05, 0.1) is 4.92 Å². The molecule has 1 N–H and O–H groups in total. The smallest absolute Gasteiger partial charge is 0.258 e. The summed E-state index contributed by atoms with van der Waals surface area (Å²) in [7, 11) is -4.17. The highest BCUT2D eigenvalue weighted by atomic mass is 35.5. The molecule has 1 atom stereocenters. The Hall–Kier alpha value is -1.25. The van der Waals surface area contributed by atoms with E-state index in [4.69, 9.17) is 11.6 Å². The second kappa shape index (κ2) is 5.59. The zero-order valence-corrected chi connectivity index (χ0v) is 10.8. The van der Waals surface area contributed by atoms with Crippen LogP contribution in [0.1, 0.15) is 6.92 Å². The number of hydrogen-bond acceptors (Lipinski definition) is 4. The van der Waals surface area contributed by atoms with Crippen LogP contribution in [0.3, 0.4) is 0 Å². The molecule has 0 heterocycles. The molecule has 0 amide bonds. The number of nitrogens with one attached hydrogen (secondary N) is 1. The molecule has 0 aliphatic carbocycles. The van der Waals surface area contributed by atoms with Crippen LogP contribution in [0.2, 0.25) is 0 Å². The number of nitrogens with zero attached hydrogens (tertiary/aromatic N) is 1. The van der Waals surface area contributed by atoms with Crippen molar-refractivity contribution in [2.45, 2.75) is 17.9 Å². The Morgan fingerprint density at radius 3 is 2.67 bits per heavy atom. The van der Waals surface area contributed by atoms with Crippen LogP contribution in [0, 0.1) is 15.9 Å². The number of non-ortho nitro benzene ring substituents is 1. The first-order chi connectivity index (χ1) is 8.27. The number of benzene rings is 1. The summed E-state index contributed by atoms with van der Waals surface area (Å²) in [5.74, 6) is -1.06. The third kappa shape index (κ3) is 3.37. The van der Waals surface area contributed by atoms with E-state index in [1.807, 2.05) is 0 Å². The van der Waals surface area contributed by atoms with Gasteiger partial charge in [-0.25, -0.2) is 17.5 Å². The van der Waals surface area contributed by atoms with E-state index in [0.29, 0.717) is 6.07 Å². The highest BCUT2D eigenvalue weighted by molar-refractivity contribution is 7.89. The van der Waals surface area contributed by atoms with E-state index in [-0.39, 0.29) is 5.88 Å². The first kappa shape index (κ1) is 14.8. The van der Waals surface area contributed by atoms with Crippen LogP contribution < -0.4 is 4.72 Å². The van der Waals surface area contributed by atoms with Gasteiger partial charge in [0.1, 0.15) is 10.7 Å². The van der Waals surface area contributed by atoms with Gasteiger partial charge in [-0.3, -0.25) is 10.1 Å². The van der Waals surface area contributed by atoms with Gasteiger partial charge in [-0.2, -0.15) is 0 Å². The van der Waals surface area contributed by atoms with Crippen molar-refractivity contribution in [3.05, 3.63) is 34.1 Å². The van der Waals surface area contributed by atoms with Gasteiger partial charge in [-0.15, -0.1) is 11.6 Å². The van der Waals surface area contributed by atoms with E-state index in [9.17, 15) is 22.9 Å². The van der Waals surface area contributed by atoms with Crippen LogP contribution in [0.25, 0.3) is 0 Å². The van der Waals surface area contributed by atoms with Crippen LogP contribution in [0.4, 0.5) is 10.1 Å². The molecule has 100 valence electrons. The summed E-state index contributed by atoms with van der Waals surface area (Å²) < 4.78 is 39.0. The zero-order valence-electron chi connectivity index (χ0n) is 9.26. The molecule has 0 saturated carbocycles. The first-order valence-corrected chi connectivity index (χ1v) is 6.82. The Morgan fingerprint density at radius 2 is 2.17 bits per heavy atom. The SMILES string of the molecule is CC(CCl)NS(=O)(=O)c1cc([N+](=O)[O-])ccc1F. The van der Waals surface area contributed by atoms with Crippen molar-refractivity contribution in [2.24, 2.45) is 0 Å². The third-order valence-electron chi connectivity index (χ3n) is 2.00. The van der Waals surface area contributed by atoms with Crippen LogP contribution in [-0.2, 0) is 10.0 Å². The van der Waals surface area contributed by atoms with Crippen molar-refractivity contribution in [3.8, 4) is 0 Å². The molecule has 0 fully saturated rings. The van der Waals surface area contributed by atoms with E-state index in [0.717, 1.165) is 12.1 Å². The lowest BCUT2D eigenvalue weighted by Gasteiger charge is -2.11. The summed E-state index contributed by atoms with van der Waals surface area (Å²) in [4.78, 5) is 8.94. The molecule has 0 aromatic heterocycles. The summed E-state index contributed by atoms with van der Waals surface area (Å²) in [6.45, 7) is 1.49. The number of nitro groups is 1. The van der Waals surface area contributed by atoms with E-state index >= 15 is 0 Å². The predicted molar refractivity (Wildman–Crippen MR) is 63.6 cm³/mol. The van der Waals surface area contributed by atoms with Gasteiger partial charge in [0, 0.05) is 24.1 Å². The molecule has 0 aliphatic rings. The predicted octanol–water partition coefficient (Wildman–Crippen LogP) is 1.64. The third-order valence-corrected chi connectivity index (χ3v) is 4.07. The molecular formula is C9H10ClFN2O4S. The summed E-state index contributed by atoms with van der Waals surface area (Å²) >= 11 is 5.44. The fourth-order valence-electron chi connectivity index (χ4n) is 1.17. The normalized spacial score (nSPS) is 13.3. The van der Waals surface area contributed by atoms with Crippen LogP contribution >= 0.6 is 11.6 Å². The molecule has 9 heteroatoms. The van der Waals surface area contributed by atoms with Gasteiger partial charge in [-0.1, -0.05) is 0 Å². The molecule has 0 bridgehead atoms. The highest BCUT2D eigenvalue weighted by Gasteiger charge is 2.23. The summed E-state index contributed by atoms with van der Waals surface area (Å²) in [5.41, 5.74) is -0.504. The average Bonchev–Trinajstić information content (AvgIpc) is 2.28. The first-order valence-electron chi connectivity index (χ1n) is 4.80. The van der Waals surface area contributed by atoms with Gasteiger partial charge in [0.15, 0.2) is 0 Å². The minimum Gasteiger partial charge on any atom is -0.258 e. The Kier molecular flexibility index (Phi) is 4.60. The monoisotopic (exact) mass is 296 g/mol. The van der Waals surface area contributed by atoms with Crippen molar-refractivity contribution < 1.29 is 17.7 Å². The van der Waals surface area contributed by atoms with Crippen molar-refractivity contribution in [2.75, 3.05) is 5.88 Å². The second-order valence-electron chi connectivity index (χ2n) is 3.55. The lowest BCUT2D eigenvalue weighted by Crippen LogP contribution is -2.34. The largest absolute Gasteiger partial charge is 0.270 e. The fourth-order valence-corrected chi connectivity index (χ4v) is 2.68. The molecular weight excluding hydrogens is 287 g/mol. The molecule has 1 aromatic rings. The van der Waals surface area contributed by atoms with E-state index in [2.05, 4.69) is 4.72 Å². The summed E-state index contributed by atoms with van der Waals surface area (Å²) in [5, 5.41) is 10.5. The molecule has 1 unspecified atom stereocenters. The molecule has 0 radical (unpaired) electrons. The van der Waals surface area contributed by atoms with Gasteiger partial charge in [-0.05, 0) is 13.0 Å². The van der Waals surface area contributed by atoms with Gasteiger partial charge < -0.3 is 0 Å². The Balaban J connectivity index is 3.23. The Morgan fingerprint density at radius 1 is 1.56 bits per heavy atom. The number of hydrogen-bond donors (Lipinski definition) is 1. The molecule has 1 aromatic carbocycles. The molecule has 0 aliphatic heterocycles. The van der Waals surface area contributed by atoms with Crippen molar-refractivity contribution in [1.82, 2.24) is 4.72 Å². The van der Waals surface area contributed by atoms with Crippen molar-refractivity contribution in [3.63, 3.8) is 0 Å². The fraction of sp³-hybridized carbons (Fsp3) is 0.333. The van der Waals surface area contributed by atoms with Crippen molar-refractivity contribution in [1.29, 1.82) is 0 Å². The van der Waals surface area contributed by atoms with Crippen LogP contribution in [0.5, 0.6) is 0 Å². The maximum atomic E-state index is 13.4. The van der Waals surface area contributed by atoms with E-state index < -0.39 is 37.4 Å². The van der Waals surface area contributed by atoms with E-state index in [1.165, 1.54) is 6.92 Å². The standard InChI is InChI=1S/C9H10ClFN2O4S/c1-6(5-10)12-18(16,17)9-4-7(13(14)15)2-3-8(9)11/h2-4,6,12H,5H2,1H3. The van der Waals surface area contributed by atoms with Gasteiger partial charge >= 0.3 is 0 Å². The molecule has 0 spiro atoms. The Labute approximate surface area is 108 Å². The number of nitro benzene ring substituents is 1. The summed E-state index contributed by atoms with van der Waals surface area (Å²) in [6, 6.07) is 1.67. The number of halogens is 2. The minimum atomic E-state index is -4.17. The lowest BCUT2D eigenvalue weighted by atomic mass is 10.3. The lowest BCUT2D eigenvalue weighted by molar-refractivity contribution is -0.385. The molecule has 6 nitrogen and oxygen atoms in total. The van der Waals surface area contributed by atoms with Gasteiger partial charge in [0.2, 0.25) is 10.0 Å². The molecule has 1 rings (SSSR count). The second-order valence-corrected chi connectivity index (χ2v) is 5.54. The molecule has 18 heavy (non-hydrogen) atoms. The number of sulfonamides is 1. The topological polar surface area (TPSA) is 89.3 Å². The van der Waals surface area contributed by atoms with Crippen molar-refractivity contribution >= 4 is 27.3 Å². The average molecular weight is 297 g/mol. The van der Waals surface area contributed by atoms with Crippen LogP contribution in [0.15, 0.2) is 23.1 Å². The number of alkyl halides is 1. The maximum Gasteiger partial charge on any atom is 0.270 e. The highest BCUT2D eigenvalue weighted by Crippen LogP contribution is 2.21. The van der Waals surface area contributed by atoms with E-state index in [1.54, 1.807) is 0 Å². The van der Waals surface area contributed by atoms with Crippen LogP contribution in [-0.4, -0.2) is 25.3 Å².